The molecule has 0 saturated heterocycles. The Bertz CT molecular complexity index is 837. The van der Waals surface area contributed by atoms with Crippen LogP contribution in [0, 0.1) is 29.6 Å². The molecule has 0 spiro atoms. The standard InChI is InChI=1S/C25H36O6/c1-13(2)11-20(26)25(30)17(6)18-9-7-14(3)22(18)23(28)24(25,29)16(5)8-10-19-15(4)12-21(27)31-19/h11-12,14,16-19,22,29-30H,7-10H2,1-6H3/t14-,16-,17-,18-,19-,22+,24+,25-/m0/s1. The Labute approximate surface area is 184 Å². The fourth-order valence-corrected chi connectivity index (χ4v) is 6.19. The number of ether oxygens (including phenoxy) is 1. The Kier molecular flexibility index (Phi) is 6.38. The van der Waals surface area contributed by atoms with E-state index in [4.69, 9.17) is 4.74 Å². The Morgan fingerprint density at radius 3 is 2.45 bits per heavy atom. The minimum absolute atomic E-state index is 0.0998. The molecule has 1 aliphatic heterocycles. The number of hydrogen-bond acceptors (Lipinski definition) is 6. The molecule has 2 saturated carbocycles. The molecule has 0 aromatic rings. The van der Waals surface area contributed by atoms with Gasteiger partial charge in [-0.2, -0.15) is 0 Å². The van der Waals surface area contributed by atoms with E-state index in [0.717, 1.165) is 18.4 Å². The van der Waals surface area contributed by atoms with Crippen LogP contribution in [-0.4, -0.2) is 45.1 Å². The van der Waals surface area contributed by atoms with Crippen LogP contribution in [0.4, 0.5) is 0 Å². The van der Waals surface area contributed by atoms with Crippen LogP contribution in [0.2, 0.25) is 0 Å². The molecule has 2 fully saturated rings. The molecule has 8 atom stereocenters. The quantitative estimate of drug-likeness (QED) is 0.494. The predicted octanol–water partition coefficient (Wildman–Crippen LogP) is 3.15. The summed E-state index contributed by atoms with van der Waals surface area (Å²) in [6, 6.07) is 0. The molecule has 2 aliphatic carbocycles. The van der Waals surface area contributed by atoms with E-state index in [0.29, 0.717) is 18.4 Å². The highest BCUT2D eigenvalue weighted by atomic mass is 16.5. The number of hydrogen-bond donors (Lipinski definition) is 2. The first-order valence-corrected chi connectivity index (χ1v) is 11.4. The van der Waals surface area contributed by atoms with Crippen molar-refractivity contribution in [3.8, 4) is 0 Å². The number of aliphatic hydroxyl groups is 2. The molecule has 31 heavy (non-hydrogen) atoms. The zero-order chi connectivity index (χ0) is 23.3. The zero-order valence-electron chi connectivity index (χ0n) is 19.5. The van der Waals surface area contributed by atoms with E-state index in [2.05, 4.69) is 0 Å². The summed E-state index contributed by atoms with van der Waals surface area (Å²) >= 11 is 0. The maximum atomic E-state index is 13.8. The molecule has 0 aromatic heterocycles. The number of fused-ring (bicyclic) bond motifs is 1. The van der Waals surface area contributed by atoms with Crippen molar-refractivity contribution in [1.82, 2.24) is 0 Å². The van der Waals surface area contributed by atoms with Gasteiger partial charge in [0.05, 0.1) is 0 Å². The van der Waals surface area contributed by atoms with Gasteiger partial charge in [-0.1, -0.05) is 26.3 Å². The van der Waals surface area contributed by atoms with Crippen molar-refractivity contribution < 1.29 is 29.3 Å². The fraction of sp³-hybridized carbons (Fsp3) is 0.720. The lowest BCUT2D eigenvalue weighted by atomic mass is 9.52. The highest BCUT2D eigenvalue weighted by molar-refractivity contribution is 6.06. The molecule has 2 N–H and O–H groups in total. The lowest BCUT2D eigenvalue weighted by molar-refractivity contribution is -0.226. The number of Topliss-reactive ketones (excluding diaryl/α,β-unsaturated/α-hetero) is 1. The molecule has 0 unspecified atom stereocenters. The number of rotatable bonds is 6. The van der Waals surface area contributed by atoms with E-state index in [9.17, 15) is 24.6 Å². The molecule has 6 nitrogen and oxygen atoms in total. The summed E-state index contributed by atoms with van der Waals surface area (Å²) in [6.45, 7) is 10.8. The third kappa shape index (κ3) is 3.62. The minimum atomic E-state index is -2.20. The monoisotopic (exact) mass is 432 g/mol. The van der Waals surface area contributed by atoms with Crippen LogP contribution in [0.15, 0.2) is 23.3 Å². The van der Waals surface area contributed by atoms with E-state index in [-0.39, 0.29) is 17.8 Å². The summed E-state index contributed by atoms with van der Waals surface area (Å²) in [5, 5.41) is 23.8. The largest absolute Gasteiger partial charge is 0.455 e. The Morgan fingerprint density at radius 1 is 1.26 bits per heavy atom. The molecular weight excluding hydrogens is 396 g/mol. The van der Waals surface area contributed by atoms with Crippen molar-refractivity contribution in [2.75, 3.05) is 0 Å². The van der Waals surface area contributed by atoms with Crippen molar-refractivity contribution in [1.29, 1.82) is 0 Å². The van der Waals surface area contributed by atoms with Gasteiger partial charge in [0, 0.05) is 12.0 Å². The van der Waals surface area contributed by atoms with Gasteiger partial charge in [0.2, 0.25) is 0 Å². The minimum Gasteiger partial charge on any atom is -0.455 e. The zero-order valence-corrected chi connectivity index (χ0v) is 19.5. The summed E-state index contributed by atoms with van der Waals surface area (Å²) in [6.07, 6.45) is 4.71. The van der Waals surface area contributed by atoms with Gasteiger partial charge in [0.15, 0.2) is 22.8 Å². The smallest absolute Gasteiger partial charge is 0.331 e. The van der Waals surface area contributed by atoms with E-state index >= 15 is 0 Å². The van der Waals surface area contributed by atoms with Crippen LogP contribution >= 0.6 is 0 Å². The average Bonchev–Trinajstić information content (AvgIpc) is 3.23. The molecule has 0 radical (unpaired) electrons. The number of esters is 1. The fourth-order valence-electron chi connectivity index (χ4n) is 6.19. The number of ketones is 2. The van der Waals surface area contributed by atoms with Gasteiger partial charge in [0.1, 0.15) is 6.10 Å². The van der Waals surface area contributed by atoms with Gasteiger partial charge >= 0.3 is 5.97 Å². The van der Waals surface area contributed by atoms with E-state index in [1.807, 2.05) is 13.8 Å². The molecule has 0 aromatic carbocycles. The third-order valence-electron chi connectivity index (χ3n) is 8.07. The lowest BCUT2D eigenvalue weighted by Crippen LogP contribution is -2.75. The summed E-state index contributed by atoms with van der Waals surface area (Å²) in [5.74, 6) is -3.06. The molecule has 1 heterocycles. The van der Waals surface area contributed by atoms with Gasteiger partial charge in [-0.25, -0.2) is 4.79 Å². The molecule has 0 bridgehead atoms. The van der Waals surface area contributed by atoms with Crippen LogP contribution in [0.1, 0.15) is 67.2 Å². The van der Waals surface area contributed by atoms with E-state index < -0.39 is 46.7 Å². The number of cyclic esters (lactones) is 1. The first kappa shape index (κ1) is 23.9. The summed E-state index contributed by atoms with van der Waals surface area (Å²) < 4.78 is 5.29. The average molecular weight is 433 g/mol. The van der Waals surface area contributed by atoms with Crippen LogP contribution in [0.3, 0.4) is 0 Å². The van der Waals surface area contributed by atoms with Crippen molar-refractivity contribution in [3.63, 3.8) is 0 Å². The second-order valence-corrected chi connectivity index (χ2v) is 10.3. The Balaban J connectivity index is 1.99. The molecule has 6 heteroatoms. The molecule has 3 rings (SSSR count). The first-order valence-electron chi connectivity index (χ1n) is 11.4. The van der Waals surface area contributed by atoms with Gasteiger partial charge in [-0.3, -0.25) is 9.59 Å². The topological polar surface area (TPSA) is 101 Å². The van der Waals surface area contributed by atoms with Crippen molar-refractivity contribution >= 4 is 17.5 Å². The lowest BCUT2D eigenvalue weighted by Gasteiger charge is -2.55. The van der Waals surface area contributed by atoms with Gasteiger partial charge in [-0.05, 0) is 81.8 Å². The van der Waals surface area contributed by atoms with Crippen molar-refractivity contribution in [2.45, 2.75) is 84.5 Å². The second kappa shape index (κ2) is 8.28. The second-order valence-electron chi connectivity index (χ2n) is 10.3. The van der Waals surface area contributed by atoms with Crippen LogP contribution < -0.4 is 0 Å². The number of carbonyl (C=O) groups excluding carboxylic acids is 3. The SMILES string of the molecule is CC(C)=CC(=O)[C@@]1(O)[C@@H](C)[C@@H]2CC[C@H](C)[C@H]2C(=O)[C@]1(O)[C@@H](C)CC[C@@H]1OC(=O)C=C1C. The molecule has 3 aliphatic rings. The predicted molar refractivity (Wildman–Crippen MR) is 116 cm³/mol. The Morgan fingerprint density at radius 2 is 1.90 bits per heavy atom. The van der Waals surface area contributed by atoms with Crippen LogP contribution in [0.25, 0.3) is 0 Å². The number of allylic oxidation sites excluding steroid dienone is 1. The first-order chi connectivity index (χ1) is 14.4. The molecule has 172 valence electrons. The van der Waals surface area contributed by atoms with Gasteiger partial charge in [-0.15, -0.1) is 0 Å². The van der Waals surface area contributed by atoms with Gasteiger partial charge < -0.3 is 14.9 Å². The number of carbonyl (C=O) groups is 3. The van der Waals surface area contributed by atoms with Crippen LogP contribution in [-0.2, 0) is 19.1 Å². The Hall–Kier alpha value is -1.79. The molecule has 0 amide bonds. The maximum Gasteiger partial charge on any atom is 0.331 e. The summed E-state index contributed by atoms with van der Waals surface area (Å²) in [7, 11) is 0. The third-order valence-corrected chi connectivity index (χ3v) is 8.07. The molecular formula is C25H36O6. The van der Waals surface area contributed by atoms with E-state index in [1.165, 1.54) is 12.2 Å². The van der Waals surface area contributed by atoms with Crippen LogP contribution in [0.5, 0.6) is 0 Å². The van der Waals surface area contributed by atoms with Crippen molar-refractivity contribution in [2.24, 2.45) is 29.6 Å². The van der Waals surface area contributed by atoms with Gasteiger partial charge in [0.25, 0.3) is 0 Å². The highest BCUT2D eigenvalue weighted by Crippen LogP contribution is 2.56. The summed E-state index contributed by atoms with van der Waals surface area (Å²) in [5.41, 5.74) is -2.89. The highest BCUT2D eigenvalue weighted by Gasteiger charge is 2.71. The normalized spacial score (nSPS) is 40.8. The van der Waals surface area contributed by atoms with Crippen molar-refractivity contribution in [3.05, 3.63) is 23.3 Å². The summed E-state index contributed by atoms with van der Waals surface area (Å²) in [4.78, 5) is 38.6. The maximum absolute atomic E-state index is 13.8. The van der Waals surface area contributed by atoms with E-state index in [1.54, 1.807) is 27.7 Å².